The Morgan fingerprint density at radius 1 is 1.33 bits per heavy atom. The molecular formula is C10H16ClNO3. The molecule has 0 bridgehead atoms. The molecule has 86 valence electrons. The second-order valence-corrected chi connectivity index (χ2v) is 4.58. The minimum Gasteiger partial charge on any atom is -0.378 e. The van der Waals surface area contributed by atoms with E-state index < -0.39 is 0 Å². The van der Waals surface area contributed by atoms with Crippen molar-refractivity contribution in [2.24, 2.45) is 0 Å². The van der Waals surface area contributed by atoms with E-state index in [-0.39, 0.29) is 23.4 Å². The first-order valence-electron chi connectivity index (χ1n) is 5.41. The summed E-state index contributed by atoms with van der Waals surface area (Å²) >= 11 is 5.98. The summed E-state index contributed by atoms with van der Waals surface area (Å²) in [5, 5.41) is 2.76. The van der Waals surface area contributed by atoms with E-state index in [2.05, 4.69) is 5.32 Å². The van der Waals surface area contributed by atoms with Crippen LogP contribution in [0.1, 0.15) is 19.3 Å². The van der Waals surface area contributed by atoms with E-state index in [1.54, 1.807) is 0 Å². The zero-order chi connectivity index (χ0) is 10.7. The Hall–Kier alpha value is -0.320. The number of rotatable bonds is 2. The average molecular weight is 234 g/mol. The molecule has 3 atom stereocenters. The molecule has 4 nitrogen and oxygen atoms in total. The van der Waals surface area contributed by atoms with Crippen molar-refractivity contribution in [3.05, 3.63) is 0 Å². The molecule has 1 N–H and O–H groups in total. The molecule has 0 aliphatic carbocycles. The van der Waals surface area contributed by atoms with E-state index in [0.29, 0.717) is 19.8 Å². The van der Waals surface area contributed by atoms with Gasteiger partial charge in [0.05, 0.1) is 24.6 Å². The van der Waals surface area contributed by atoms with E-state index in [1.165, 1.54) is 0 Å². The summed E-state index contributed by atoms with van der Waals surface area (Å²) in [5.41, 5.74) is 0. The molecule has 2 aliphatic heterocycles. The predicted molar refractivity (Wildman–Crippen MR) is 56.0 cm³/mol. The van der Waals surface area contributed by atoms with Crippen LogP contribution in [0, 0.1) is 0 Å². The monoisotopic (exact) mass is 233 g/mol. The number of ether oxygens (including phenoxy) is 2. The first-order valence-corrected chi connectivity index (χ1v) is 5.85. The fourth-order valence-electron chi connectivity index (χ4n) is 1.88. The van der Waals surface area contributed by atoms with Gasteiger partial charge in [-0.25, -0.2) is 0 Å². The maximum Gasteiger partial charge on any atom is 0.249 e. The maximum absolute atomic E-state index is 11.7. The fraction of sp³-hybridized carbons (Fsp3) is 0.900. The lowest BCUT2D eigenvalue weighted by Gasteiger charge is -2.23. The third-order valence-electron chi connectivity index (χ3n) is 2.81. The van der Waals surface area contributed by atoms with Crippen molar-refractivity contribution < 1.29 is 14.3 Å². The number of hydrogen-bond acceptors (Lipinski definition) is 3. The topological polar surface area (TPSA) is 47.6 Å². The molecule has 5 heteroatoms. The number of hydrogen-bond donors (Lipinski definition) is 1. The van der Waals surface area contributed by atoms with Crippen LogP contribution < -0.4 is 5.32 Å². The molecule has 2 fully saturated rings. The second kappa shape index (κ2) is 5.14. The van der Waals surface area contributed by atoms with E-state index in [1.807, 2.05) is 0 Å². The molecule has 0 aromatic carbocycles. The van der Waals surface area contributed by atoms with Crippen LogP contribution in [0.3, 0.4) is 0 Å². The highest BCUT2D eigenvalue weighted by molar-refractivity contribution is 6.21. The minimum absolute atomic E-state index is 0.0455. The lowest BCUT2D eigenvalue weighted by molar-refractivity contribution is -0.136. The summed E-state index contributed by atoms with van der Waals surface area (Å²) in [5.74, 6) is -0.0455. The molecule has 3 unspecified atom stereocenters. The van der Waals surface area contributed by atoms with Gasteiger partial charge in [-0.15, -0.1) is 11.6 Å². The third kappa shape index (κ3) is 2.83. The van der Waals surface area contributed by atoms with Gasteiger partial charge in [-0.2, -0.15) is 0 Å². The lowest BCUT2D eigenvalue weighted by atomic mass is 10.1. The van der Waals surface area contributed by atoms with Gasteiger partial charge in [0.1, 0.15) is 6.10 Å². The quantitative estimate of drug-likeness (QED) is 0.714. The van der Waals surface area contributed by atoms with Gasteiger partial charge in [-0.05, 0) is 19.3 Å². The van der Waals surface area contributed by atoms with E-state index in [0.717, 1.165) is 19.3 Å². The maximum atomic E-state index is 11.7. The summed E-state index contributed by atoms with van der Waals surface area (Å²) in [7, 11) is 0. The lowest BCUT2D eigenvalue weighted by Crippen LogP contribution is -2.46. The average Bonchev–Trinajstić information content (AvgIpc) is 2.66. The van der Waals surface area contributed by atoms with Crippen LogP contribution in [0.25, 0.3) is 0 Å². The van der Waals surface area contributed by atoms with Crippen molar-refractivity contribution in [2.45, 2.75) is 36.8 Å². The summed E-state index contributed by atoms with van der Waals surface area (Å²) in [4.78, 5) is 11.7. The third-order valence-corrected chi connectivity index (χ3v) is 3.24. The first-order chi connectivity index (χ1) is 7.27. The van der Waals surface area contributed by atoms with Crippen molar-refractivity contribution in [3.63, 3.8) is 0 Å². The van der Waals surface area contributed by atoms with Crippen molar-refractivity contribution in [2.75, 3.05) is 19.8 Å². The summed E-state index contributed by atoms with van der Waals surface area (Å²) in [6.07, 6.45) is 2.63. The fourth-order valence-corrected chi connectivity index (χ4v) is 2.11. The number of nitrogens with one attached hydrogen (secondary N) is 1. The van der Waals surface area contributed by atoms with E-state index in [4.69, 9.17) is 21.1 Å². The Morgan fingerprint density at radius 3 is 2.80 bits per heavy atom. The smallest absolute Gasteiger partial charge is 0.249 e. The first kappa shape index (κ1) is 11.2. The molecule has 2 saturated heterocycles. The molecule has 0 aromatic heterocycles. The number of carbonyl (C=O) groups excluding carboxylic acids is 1. The highest BCUT2D eigenvalue weighted by atomic mass is 35.5. The van der Waals surface area contributed by atoms with E-state index >= 15 is 0 Å². The second-order valence-electron chi connectivity index (χ2n) is 4.02. The van der Waals surface area contributed by atoms with Gasteiger partial charge < -0.3 is 14.8 Å². The normalized spacial score (nSPS) is 36.5. The van der Waals surface area contributed by atoms with Crippen LogP contribution in [-0.4, -0.2) is 43.3 Å². The Labute approximate surface area is 94.3 Å². The number of carbonyl (C=O) groups is 1. The van der Waals surface area contributed by atoms with Gasteiger partial charge in [-0.3, -0.25) is 4.79 Å². The standard InChI is InChI=1S/C10H16ClNO3/c11-7-5-14-6-8(7)12-10(13)9-3-1-2-4-15-9/h7-9H,1-6H2,(H,12,13). The number of halogens is 1. The summed E-state index contributed by atoms with van der Waals surface area (Å²) in [6.45, 7) is 1.70. The molecule has 15 heavy (non-hydrogen) atoms. The molecule has 2 aliphatic rings. The van der Waals surface area contributed by atoms with Crippen LogP contribution in [0.2, 0.25) is 0 Å². The molecular weight excluding hydrogens is 218 g/mol. The van der Waals surface area contributed by atoms with Crippen LogP contribution in [0.5, 0.6) is 0 Å². The zero-order valence-electron chi connectivity index (χ0n) is 8.58. The van der Waals surface area contributed by atoms with Gasteiger partial charge in [0.15, 0.2) is 0 Å². The molecule has 1 amide bonds. The van der Waals surface area contributed by atoms with Gasteiger partial charge >= 0.3 is 0 Å². The predicted octanol–water partition coefficient (Wildman–Crippen LogP) is 0.678. The molecule has 0 spiro atoms. The zero-order valence-corrected chi connectivity index (χ0v) is 9.33. The Bertz CT molecular complexity index is 231. The van der Waals surface area contributed by atoms with Crippen molar-refractivity contribution >= 4 is 17.5 Å². The van der Waals surface area contributed by atoms with E-state index in [9.17, 15) is 4.79 Å². The van der Waals surface area contributed by atoms with Crippen molar-refractivity contribution in [1.82, 2.24) is 5.32 Å². The number of alkyl halides is 1. The van der Waals surface area contributed by atoms with Crippen LogP contribution in [-0.2, 0) is 14.3 Å². The van der Waals surface area contributed by atoms with Gasteiger partial charge in [0.25, 0.3) is 0 Å². The molecule has 0 saturated carbocycles. The molecule has 2 heterocycles. The minimum atomic E-state index is -0.289. The molecule has 2 rings (SSSR count). The summed E-state index contributed by atoms with van der Waals surface area (Å²) < 4.78 is 10.6. The Kier molecular flexibility index (Phi) is 3.83. The Balaban J connectivity index is 1.80. The van der Waals surface area contributed by atoms with Crippen LogP contribution in [0.4, 0.5) is 0 Å². The Morgan fingerprint density at radius 2 is 2.20 bits per heavy atom. The van der Waals surface area contributed by atoms with Crippen LogP contribution in [0.15, 0.2) is 0 Å². The summed E-state index contributed by atoms with van der Waals surface area (Å²) in [6, 6.07) is -0.0651. The van der Waals surface area contributed by atoms with Crippen molar-refractivity contribution in [3.8, 4) is 0 Å². The highest BCUT2D eigenvalue weighted by Crippen LogP contribution is 2.15. The number of amides is 1. The highest BCUT2D eigenvalue weighted by Gasteiger charge is 2.30. The molecule has 0 radical (unpaired) electrons. The van der Waals surface area contributed by atoms with Gasteiger partial charge in [0, 0.05) is 6.61 Å². The molecule has 0 aromatic rings. The SMILES string of the molecule is O=C(NC1COCC1Cl)C1CCCCO1. The van der Waals surface area contributed by atoms with Gasteiger partial charge in [0.2, 0.25) is 5.91 Å². The van der Waals surface area contributed by atoms with Crippen LogP contribution >= 0.6 is 11.6 Å². The van der Waals surface area contributed by atoms with Gasteiger partial charge in [-0.1, -0.05) is 0 Å². The van der Waals surface area contributed by atoms with Crippen molar-refractivity contribution in [1.29, 1.82) is 0 Å². The largest absolute Gasteiger partial charge is 0.378 e.